The zero-order chi connectivity index (χ0) is 26.0. The summed E-state index contributed by atoms with van der Waals surface area (Å²) in [5.41, 5.74) is 16.6. The molecular weight excluding hydrogens is 578 g/mol. The van der Waals surface area contributed by atoms with Gasteiger partial charge in [-0.3, -0.25) is 0 Å². The van der Waals surface area contributed by atoms with Gasteiger partial charge in [0.25, 0.3) is 0 Å². The molecule has 37 heavy (non-hydrogen) atoms. The summed E-state index contributed by atoms with van der Waals surface area (Å²) in [6.45, 7) is 3.92. The average molecular weight is 607 g/mol. The van der Waals surface area contributed by atoms with Crippen molar-refractivity contribution >= 4 is 60.5 Å². The Kier molecular flexibility index (Phi) is 9.81. The summed E-state index contributed by atoms with van der Waals surface area (Å²) in [5, 5.41) is 33.0. The minimum Gasteiger partial charge on any atom is -0.374 e. The molecule has 6 N–H and O–H groups in total. The summed E-state index contributed by atoms with van der Waals surface area (Å²) < 4.78 is 0.727. The van der Waals surface area contributed by atoms with Gasteiger partial charge in [-0.25, -0.2) is 0 Å². The third-order valence-corrected chi connectivity index (χ3v) is 7.60. The highest BCUT2D eigenvalue weighted by Gasteiger charge is 2.25. The number of halogens is 1. The first-order valence-corrected chi connectivity index (χ1v) is 14.0. The molecule has 196 valence electrons. The molecule has 2 atom stereocenters. The van der Waals surface area contributed by atoms with Crippen molar-refractivity contribution in [3.63, 3.8) is 0 Å². The number of anilines is 4. The summed E-state index contributed by atoms with van der Waals surface area (Å²) in [6.07, 6.45) is 6.53. The van der Waals surface area contributed by atoms with Gasteiger partial charge < -0.3 is 27.0 Å². The van der Waals surface area contributed by atoms with E-state index in [0.29, 0.717) is 22.2 Å². The summed E-state index contributed by atoms with van der Waals surface area (Å²) in [6, 6.07) is 8.07. The van der Waals surface area contributed by atoms with E-state index in [9.17, 15) is 0 Å². The van der Waals surface area contributed by atoms with Crippen LogP contribution in [0.15, 0.2) is 40.6 Å². The molecule has 4 aromatic rings. The zero-order valence-corrected chi connectivity index (χ0v) is 23.2. The Hall–Kier alpha value is -3.08. The van der Waals surface area contributed by atoms with Gasteiger partial charge in [-0.05, 0) is 59.0 Å². The van der Waals surface area contributed by atoms with Crippen molar-refractivity contribution in [1.29, 1.82) is 0 Å². The minimum atomic E-state index is 0.298. The summed E-state index contributed by atoms with van der Waals surface area (Å²) in [5.74, 6) is 2.49. The van der Waals surface area contributed by atoms with Crippen LogP contribution < -0.4 is 27.0 Å². The van der Waals surface area contributed by atoms with Crippen LogP contribution in [-0.2, 0) is 6.42 Å². The molecule has 0 unspecified atom stereocenters. The smallest absolute Gasteiger partial charge is 0.203 e. The molecule has 16 heteroatoms. The van der Waals surface area contributed by atoms with Crippen molar-refractivity contribution in [2.24, 2.45) is 11.7 Å². The van der Waals surface area contributed by atoms with E-state index < -0.39 is 0 Å². The maximum atomic E-state index is 5.77. The van der Waals surface area contributed by atoms with Gasteiger partial charge in [0.05, 0.1) is 0 Å². The van der Waals surface area contributed by atoms with Crippen LogP contribution >= 0.6 is 38.6 Å². The van der Waals surface area contributed by atoms with E-state index in [0.717, 1.165) is 66.0 Å². The number of nitrogens with two attached hydrogens (primary N) is 3. The molecule has 2 aliphatic rings. The van der Waals surface area contributed by atoms with Gasteiger partial charge >= 0.3 is 0 Å². The molecule has 2 aliphatic heterocycles. The van der Waals surface area contributed by atoms with Gasteiger partial charge in [-0.1, -0.05) is 22.7 Å². The normalized spacial score (nSPS) is 18.6. The lowest BCUT2D eigenvalue weighted by molar-refractivity contribution is 0.581. The molecule has 0 saturated carbocycles. The second kappa shape index (κ2) is 13.5. The van der Waals surface area contributed by atoms with Gasteiger partial charge in [0.1, 0.15) is 5.01 Å². The van der Waals surface area contributed by atoms with Crippen LogP contribution in [0.1, 0.15) is 17.8 Å². The van der Waals surface area contributed by atoms with Crippen LogP contribution in [0.4, 0.5) is 21.9 Å². The van der Waals surface area contributed by atoms with Gasteiger partial charge in [0.2, 0.25) is 10.3 Å². The summed E-state index contributed by atoms with van der Waals surface area (Å²) in [7, 11) is 0. The predicted octanol–water partition coefficient (Wildman–Crippen LogP) is 1.88. The van der Waals surface area contributed by atoms with Gasteiger partial charge in [0, 0.05) is 51.0 Å². The van der Waals surface area contributed by atoms with Crippen LogP contribution in [0.2, 0.25) is 0 Å². The van der Waals surface area contributed by atoms with Crippen molar-refractivity contribution in [3.8, 4) is 0 Å². The van der Waals surface area contributed by atoms with E-state index >= 15 is 0 Å². The summed E-state index contributed by atoms with van der Waals surface area (Å²) >= 11 is 5.89. The Morgan fingerprint density at radius 1 is 0.811 bits per heavy atom. The zero-order valence-electron chi connectivity index (χ0n) is 20.0. The first-order chi connectivity index (χ1) is 18.0. The van der Waals surface area contributed by atoms with Crippen molar-refractivity contribution < 1.29 is 0 Å². The Morgan fingerprint density at radius 2 is 1.43 bits per heavy atom. The van der Waals surface area contributed by atoms with Crippen molar-refractivity contribution in [2.75, 3.05) is 47.4 Å². The lowest BCUT2D eigenvalue weighted by atomic mass is 10.1. The molecule has 4 aromatic heterocycles. The second-order valence-corrected chi connectivity index (χ2v) is 11.8. The highest BCUT2D eigenvalue weighted by atomic mass is 79.9. The third-order valence-electron chi connectivity index (χ3n) is 5.64. The highest BCUT2D eigenvalue weighted by molar-refractivity contribution is 9.11. The molecule has 6 heterocycles. The van der Waals surface area contributed by atoms with Crippen LogP contribution in [0.5, 0.6) is 0 Å². The molecule has 0 aliphatic carbocycles. The molecule has 2 saturated heterocycles. The topological polar surface area (TPSA) is 188 Å². The quantitative estimate of drug-likeness (QED) is 0.306. The Bertz CT molecular complexity index is 1190. The molecule has 13 nitrogen and oxygen atoms in total. The predicted molar refractivity (Wildman–Crippen MR) is 149 cm³/mol. The first kappa shape index (κ1) is 27.0. The molecule has 0 aromatic carbocycles. The minimum absolute atomic E-state index is 0.298. The molecule has 0 bridgehead atoms. The lowest BCUT2D eigenvalue weighted by Crippen LogP contribution is -2.26. The largest absolute Gasteiger partial charge is 0.374 e. The third kappa shape index (κ3) is 8.48. The van der Waals surface area contributed by atoms with Crippen molar-refractivity contribution in [2.45, 2.75) is 25.3 Å². The maximum absolute atomic E-state index is 5.77. The van der Waals surface area contributed by atoms with Crippen LogP contribution in [-0.4, -0.2) is 73.0 Å². The monoisotopic (exact) mass is 605 g/mol. The fraction of sp³-hybridized carbons (Fsp3) is 0.429. The van der Waals surface area contributed by atoms with E-state index in [1.165, 1.54) is 22.7 Å². The molecule has 0 spiro atoms. The van der Waals surface area contributed by atoms with Crippen LogP contribution in [0, 0.1) is 5.92 Å². The Labute approximate surface area is 230 Å². The van der Waals surface area contributed by atoms with Crippen LogP contribution in [0.3, 0.4) is 0 Å². The number of aromatic nitrogens is 8. The number of nitrogens with zero attached hydrogens (tertiary/aromatic N) is 10. The SMILES string of the molecule is N[C@@H]1CCN(c2cccnn2)C1.Nc1nnc(Br)s1.Nc1nnc(C[C@@H]2CCN(c3cccnn3)C2)s1. The average Bonchev–Trinajstić information content (AvgIpc) is 3.72. The van der Waals surface area contributed by atoms with Crippen molar-refractivity contribution in [1.82, 2.24) is 40.8 Å². The van der Waals surface area contributed by atoms with Crippen LogP contribution in [0.25, 0.3) is 0 Å². The second-order valence-electron chi connectivity index (χ2n) is 8.39. The van der Waals surface area contributed by atoms with E-state index in [1.54, 1.807) is 12.4 Å². The Morgan fingerprint density at radius 3 is 1.89 bits per heavy atom. The number of nitrogen functional groups attached to an aromatic ring is 2. The standard InChI is InChI=1S/C11H14N6S.C8H12N4.C2H2BrN3S/c12-11-16-15-10(18-11)6-8-3-5-17(7-8)9-2-1-4-13-14-9;9-7-3-5-12(6-7)8-2-1-4-10-11-8;3-1-5-6-2(4)7-1/h1-2,4,8H,3,5-7H2,(H2,12,16);1-2,4,7H,3,5-6,9H2;(H2,4,6)/t8-;7-;/m01./s1. The van der Waals surface area contributed by atoms with E-state index in [2.05, 4.69) is 66.5 Å². The number of hydrogen-bond donors (Lipinski definition) is 3. The lowest BCUT2D eigenvalue weighted by Gasteiger charge is -2.15. The Balaban J connectivity index is 0.000000144. The number of hydrogen-bond acceptors (Lipinski definition) is 15. The van der Waals surface area contributed by atoms with E-state index in [-0.39, 0.29) is 0 Å². The maximum Gasteiger partial charge on any atom is 0.203 e. The molecule has 2 fully saturated rings. The fourth-order valence-corrected chi connectivity index (χ4v) is 5.58. The molecule has 6 rings (SSSR count). The van der Waals surface area contributed by atoms with Crippen molar-refractivity contribution in [3.05, 3.63) is 45.6 Å². The molecule has 0 radical (unpaired) electrons. The molecular formula is C21H28BrN13S2. The summed E-state index contributed by atoms with van der Waals surface area (Å²) in [4.78, 5) is 4.43. The first-order valence-electron chi connectivity index (χ1n) is 11.6. The van der Waals surface area contributed by atoms with Gasteiger partial charge in [-0.2, -0.15) is 10.2 Å². The van der Waals surface area contributed by atoms with E-state index in [1.807, 2.05) is 24.3 Å². The van der Waals surface area contributed by atoms with Gasteiger partial charge in [-0.15, -0.1) is 30.6 Å². The molecule has 0 amide bonds. The fourth-order valence-electron chi connectivity index (χ4n) is 3.94. The highest BCUT2D eigenvalue weighted by Crippen LogP contribution is 2.25. The van der Waals surface area contributed by atoms with E-state index in [4.69, 9.17) is 17.2 Å². The van der Waals surface area contributed by atoms with Gasteiger partial charge in [0.15, 0.2) is 15.6 Å². The number of rotatable bonds is 4.